The molecule has 2 aromatic carbocycles. The number of rotatable bonds is 6. The molecular formula is C21H24N4O2. The fraction of sp³-hybridized carbons (Fsp3) is 0.333. The minimum atomic E-state index is -0.178. The van der Waals surface area contributed by atoms with Gasteiger partial charge in [0.1, 0.15) is 0 Å². The summed E-state index contributed by atoms with van der Waals surface area (Å²) >= 11 is 0. The molecule has 2 heterocycles. The lowest BCUT2D eigenvalue weighted by Crippen LogP contribution is -2.36. The van der Waals surface area contributed by atoms with Crippen LogP contribution in [0.15, 0.2) is 59.1 Å². The monoisotopic (exact) mass is 364 g/mol. The zero-order chi connectivity index (χ0) is 18.5. The van der Waals surface area contributed by atoms with E-state index in [9.17, 15) is 5.11 Å². The van der Waals surface area contributed by atoms with E-state index in [-0.39, 0.29) is 6.10 Å². The molecule has 6 nitrogen and oxygen atoms in total. The summed E-state index contributed by atoms with van der Waals surface area (Å²) in [6.45, 7) is 2.21. The van der Waals surface area contributed by atoms with Crippen LogP contribution in [-0.4, -0.2) is 34.4 Å². The van der Waals surface area contributed by atoms with Crippen molar-refractivity contribution in [2.75, 3.05) is 23.3 Å². The third kappa shape index (κ3) is 4.46. The first-order valence-electron chi connectivity index (χ1n) is 9.39. The topological polar surface area (TPSA) is 74.4 Å². The Kier molecular flexibility index (Phi) is 5.34. The first kappa shape index (κ1) is 17.5. The number of aliphatic hydroxyl groups excluding tert-OH is 1. The number of nitrogens with zero attached hydrogens (tertiary/aromatic N) is 3. The predicted octanol–water partition coefficient (Wildman–Crippen LogP) is 3.23. The quantitative estimate of drug-likeness (QED) is 0.699. The lowest BCUT2D eigenvalue weighted by molar-refractivity contribution is 0.145. The highest BCUT2D eigenvalue weighted by molar-refractivity contribution is 5.70. The van der Waals surface area contributed by atoms with Crippen LogP contribution in [0.5, 0.6) is 0 Å². The van der Waals surface area contributed by atoms with Crippen molar-refractivity contribution in [1.29, 1.82) is 0 Å². The molecule has 0 radical (unpaired) electrons. The first-order valence-corrected chi connectivity index (χ1v) is 9.39. The summed E-state index contributed by atoms with van der Waals surface area (Å²) in [4.78, 5) is 6.80. The zero-order valence-corrected chi connectivity index (χ0v) is 15.2. The number of anilines is 2. The molecule has 0 bridgehead atoms. The summed E-state index contributed by atoms with van der Waals surface area (Å²) in [5, 5.41) is 17.2. The van der Waals surface area contributed by atoms with Crippen LogP contribution >= 0.6 is 0 Å². The van der Waals surface area contributed by atoms with E-state index < -0.39 is 0 Å². The molecule has 4 rings (SSSR count). The number of hydrogen-bond donors (Lipinski definition) is 2. The van der Waals surface area contributed by atoms with Gasteiger partial charge in [0.2, 0.25) is 5.89 Å². The Bertz CT molecular complexity index is 857. The number of aromatic nitrogens is 2. The van der Waals surface area contributed by atoms with E-state index >= 15 is 0 Å². The van der Waals surface area contributed by atoms with Gasteiger partial charge in [-0.25, -0.2) is 0 Å². The maximum atomic E-state index is 9.73. The molecule has 0 aliphatic carbocycles. The Morgan fingerprint density at radius 3 is 2.59 bits per heavy atom. The Balaban J connectivity index is 1.39. The van der Waals surface area contributed by atoms with Gasteiger partial charge in [-0.15, -0.1) is 0 Å². The third-order valence-corrected chi connectivity index (χ3v) is 4.85. The van der Waals surface area contributed by atoms with Crippen molar-refractivity contribution in [1.82, 2.24) is 10.1 Å². The number of benzene rings is 2. The van der Waals surface area contributed by atoms with E-state index in [1.54, 1.807) is 0 Å². The van der Waals surface area contributed by atoms with Crippen molar-refractivity contribution in [2.45, 2.75) is 31.9 Å². The Morgan fingerprint density at radius 2 is 1.78 bits per heavy atom. The molecule has 0 atom stereocenters. The van der Waals surface area contributed by atoms with Gasteiger partial charge >= 0.3 is 0 Å². The molecule has 0 unspecified atom stereocenters. The van der Waals surface area contributed by atoms with E-state index in [1.807, 2.05) is 30.3 Å². The highest BCUT2D eigenvalue weighted by Gasteiger charge is 2.19. The minimum absolute atomic E-state index is 0.178. The molecule has 1 fully saturated rings. The van der Waals surface area contributed by atoms with Crippen LogP contribution in [0.4, 0.5) is 11.4 Å². The third-order valence-electron chi connectivity index (χ3n) is 4.85. The van der Waals surface area contributed by atoms with Crippen LogP contribution in [0, 0.1) is 0 Å². The molecule has 27 heavy (non-hydrogen) atoms. The molecule has 1 aliphatic heterocycles. The SMILES string of the molecule is OC1CCN(c2ccccc2NCc2nc(Cc3ccccc3)no2)CC1. The lowest BCUT2D eigenvalue weighted by atomic mass is 10.1. The number of piperidine rings is 1. The fourth-order valence-corrected chi connectivity index (χ4v) is 3.39. The number of aliphatic hydroxyl groups is 1. The smallest absolute Gasteiger partial charge is 0.245 e. The van der Waals surface area contributed by atoms with Gasteiger partial charge in [0.25, 0.3) is 0 Å². The van der Waals surface area contributed by atoms with Gasteiger partial charge in [-0.3, -0.25) is 0 Å². The van der Waals surface area contributed by atoms with Crippen LogP contribution in [0.1, 0.15) is 30.1 Å². The fourth-order valence-electron chi connectivity index (χ4n) is 3.39. The van der Waals surface area contributed by atoms with E-state index in [2.05, 4.69) is 44.6 Å². The van der Waals surface area contributed by atoms with Crippen LogP contribution in [0.25, 0.3) is 0 Å². The van der Waals surface area contributed by atoms with Gasteiger partial charge in [0.05, 0.1) is 24.0 Å². The molecule has 1 aliphatic rings. The average Bonchev–Trinajstić information content (AvgIpc) is 3.15. The maximum absolute atomic E-state index is 9.73. The highest BCUT2D eigenvalue weighted by atomic mass is 16.5. The molecule has 3 aromatic rings. The second-order valence-corrected chi connectivity index (χ2v) is 6.86. The number of para-hydroxylation sites is 2. The van der Waals surface area contributed by atoms with Gasteiger partial charge < -0.3 is 19.8 Å². The van der Waals surface area contributed by atoms with Crippen LogP contribution in [-0.2, 0) is 13.0 Å². The van der Waals surface area contributed by atoms with Crippen molar-refractivity contribution >= 4 is 11.4 Å². The van der Waals surface area contributed by atoms with Crippen LogP contribution in [0.3, 0.4) is 0 Å². The predicted molar refractivity (Wildman–Crippen MR) is 105 cm³/mol. The Hall–Kier alpha value is -2.86. The van der Waals surface area contributed by atoms with Gasteiger partial charge in [0, 0.05) is 19.5 Å². The Labute approximate surface area is 158 Å². The van der Waals surface area contributed by atoms with Crippen molar-refractivity contribution < 1.29 is 9.63 Å². The second-order valence-electron chi connectivity index (χ2n) is 6.86. The first-order chi connectivity index (χ1) is 13.3. The standard InChI is InChI=1S/C21H24N4O2/c26-17-10-12-25(13-11-17)19-9-5-4-8-18(19)22-15-21-23-20(24-27-21)14-16-6-2-1-3-7-16/h1-9,17,22,26H,10-15H2. The van der Waals surface area contributed by atoms with E-state index in [1.165, 1.54) is 0 Å². The summed E-state index contributed by atoms with van der Waals surface area (Å²) in [5.74, 6) is 1.26. The normalized spacial score (nSPS) is 15.1. The summed E-state index contributed by atoms with van der Waals surface area (Å²) in [7, 11) is 0. The molecule has 140 valence electrons. The van der Waals surface area contributed by atoms with E-state index in [0.29, 0.717) is 24.7 Å². The van der Waals surface area contributed by atoms with Crippen molar-refractivity contribution in [3.05, 3.63) is 71.9 Å². The lowest BCUT2D eigenvalue weighted by Gasteiger charge is -2.32. The van der Waals surface area contributed by atoms with Gasteiger partial charge in [-0.1, -0.05) is 47.6 Å². The van der Waals surface area contributed by atoms with Crippen molar-refractivity contribution in [2.24, 2.45) is 0 Å². The molecular weight excluding hydrogens is 340 g/mol. The molecule has 0 saturated carbocycles. The van der Waals surface area contributed by atoms with Crippen molar-refractivity contribution in [3.8, 4) is 0 Å². The zero-order valence-electron chi connectivity index (χ0n) is 15.2. The number of nitrogens with one attached hydrogen (secondary N) is 1. The molecule has 1 saturated heterocycles. The maximum Gasteiger partial charge on any atom is 0.245 e. The second kappa shape index (κ2) is 8.22. The summed E-state index contributed by atoms with van der Waals surface area (Å²) in [6, 6.07) is 18.3. The molecule has 0 spiro atoms. The molecule has 1 aromatic heterocycles. The summed E-state index contributed by atoms with van der Waals surface area (Å²) in [5.41, 5.74) is 3.35. The van der Waals surface area contributed by atoms with E-state index in [4.69, 9.17) is 4.52 Å². The molecule has 6 heteroatoms. The van der Waals surface area contributed by atoms with Crippen LogP contribution < -0.4 is 10.2 Å². The highest BCUT2D eigenvalue weighted by Crippen LogP contribution is 2.28. The largest absolute Gasteiger partial charge is 0.393 e. The van der Waals surface area contributed by atoms with Gasteiger partial charge in [0.15, 0.2) is 5.82 Å². The number of hydrogen-bond acceptors (Lipinski definition) is 6. The van der Waals surface area contributed by atoms with E-state index in [0.717, 1.165) is 42.9 Å². The molecule has 2 N–H and O–H groups in total. The minimum Gasteiger partial charge on any atom is -0.393 e. The summed E-state index contributed by atoms with van der Waals surface area (Å²) < 4.78 is 5.39. The van der Waals surface area contributed by atoms with Crippen molar-refractivity contribution in [3.63, 3.8) is 0 Å². The average molecular weight is 364 g/mol. The van der Waals surface area contributed by atoms with Gasteiger partial charge in [-0.05, 0) is 30.5 Å². The Morgan fingerprint density at radius 1 is 1.04 bits per heavy atom. The van der Waals surface area contributed by atoms with Gasteiger partial charge in [-0.2, -0.15) is 4.98 Å². The van der Waals surface area contributed by atoms with Crippen LogP contribution in [0.2, 0.25) is 0 Å². The molecule has 0 amide bonds. The summed E-state index contributed by atoms with van der Waals surface area (Å²) in [6.07, 6.45) is 2.10.